The van der Waals surface area contributed by atoms with E-state index in [1.807, 2.05) is 27.7 Å². The molecule has 0 radical (unpaired) electrons. The molecule has 1 N–H and O–H groups in total. The third-order valence-electron chi connectivity index (χ3n) is 6.59. The number of carbonyl (C=O) groups excluding carboxylic acids is 1. The van der Waals surface area contributed by atoms with Gasteiger partial charge in [-0.1, -0.05) is 38.5 Å². The monoisotopic (exact) mass is 492 g/mol. The molecule has 0 bridgehead atoms. The number of aryl methyl sites for hydroxylation is 3. The van der Waals surface area contributed by atoms with Crippen LogP contribution >= 0.6 is 0 Å². The minimum absolute atomic E-state index is 0.0710. The van der Waals surface area contributed by atoms with E-state index < -0.39 is 22.5 Å². The fraction of sp³-hybridized carbons (Fsp3) is 0.444. The molecule has 0 fully saturated rings. The molecule has 3 unspecified atom stereocenters. The number of aliphatic hydroxyl groups excluding tert-OH is 1. The third-order valence-corrected chi connectivity index (χ3v) is 8.22. The average Bonchev–Trinajstić information content (AvgIpc) is 2.78. The van der Waals surface area contributed by atoms with Crippen LogP contribution in [0.2, 0.25) is 0 Å². The predicted molar refractivity (Wildman–Crippen MR) is 129 cm³/mol. The number of Topliss-reactive ketones (excluding diaryl/α,β-unsaturated/α-hetero) is 1. The van der Waals surface area contributed by atoms with Crippen molar-refractivity contribution in [2.24, 2.45) is 11.8 Å². The molecule has 3 atom stereocenters. The molecule has 0 amide bonds. The summed E-state index contributed by atoms with van der Waals surface area (Å²) in [5.41, 5.74) is 3.68. The minimum atomic E-state index is -4.44. The highest BCUT2D eigenvalue weighted by Gasteiger charge is 2.34. The molecule has 34 heavy (non-hydrogen) atoms. The van der Waals surface area contributed by atoms with Gasteiger partial charge < -0.3 is 5.11 Å². The Labute approximate surface area is 201 Å². The summed E-state index contributed by atoms with van der Waals surface area (Å²) >= 11 is 0. The van der Waals surface area contributed by atoms with Crippen molar-refractivity contribution in [3.63, 3.8) is 0 Å². The summed E-state index contributed by atoms with van der Waals surface area (Å²) in [6.07, 6.45) is -2.39. The summed E-state index contributed by atoms with van der Waals surface area (Å²) in [5.74, 6) is -0.187. The second-order valence-electron chi connectivity index (χ2n) is 9.09. The predicted octanol–water partition coefficient (Wildman–Crippen LogP) is 6.83. The minimum Gasteiger partial charge on any atom is -0.512 e. The second kappa shape index (κ2) is 10.5. The highest BCUT2D eigenvalue weighted by molar-refractivity contribution is 7.85. The van der Waals surface area contributed by atoms with Crippen LogP contribution in [0.4, 0.5) is 13.2 Å². The van der Waals surface area contributed by atoms with E-state index in [0.717, 1.165) is 47.2 Å². The first-order chi connectivity index (χ1) is 16.0. The summed E-state index contributed by atoms with van der Waals surface area (Å²) in [6.45, 7) is 7.96. The lowest BCUT2D eigenvalue weighted by molar-refractivity contribution is -0.137. The molecular formula is C27H31F3O3S. The number of hydrogen-bond acceptors (Lipinski definition) is 3. The van der Waals surface area contributed by atoms with Crippen molar-refractivity contribution >= 4 is 22.2 Å². The van der Waals surface area contributed by atoms with Gasteiger partial charge in [0.1, 0.15) is 5.76 Å². The van der Waals surface area contributed by atoms with Gasteiger partial charge in [-0.15, -0.1) is 0 Å². The summed E-state index contributed by atoms with van der Waals surface area (Å²) in [5, 5.41) is 11.0. The van der Waals surface area contributed by atoms with Crippen molar-refractivity contribution < 1.29 is 27.3 Å². The normalized spacial score (nSPS) is 18.8. The average molecular weight is 493 g/mol. The number of ketones is 1. The SMILES string of the molecule is CCc1cc(C)cc(CC)c1C1=C(O)CC(C(C)CS(=O)c2ccc(C(F)(F)F)cc2)CC1=O. The Morgan fingerprint density at radius 2 is 1.62 bits per heavy atom. The lowest BCUT2D eigenvalue weighted by Crippen LogP contribution is -2.27. The lowest BCUT2D eigenvalue weighted by atomic mass is 9.76. The van der Waals surface area contributed by atoms with Gasteiger partial charge in [-0.3, -0.25) is 9.00 Å². The molecule has 0 spiro atoms. The van der Waals surface area contributed by atoms with Crippen LogP contribution in [0.3, 0.4) is 0 Å². The summed E-state index contributed by atoms with van der Waals surface area (Å²) in [7, 11) is -1.51. The molecule has 0 saturated heterocycles. The van der Waals surface area contributed by atoms with E-state index in [0.29, 0.717) is 16.9 Å². The molecule has 3 rings (SSSR count). The second-order valence-corrected chi connectivity index (χ2v) is 10.6. The summed E-state index contributed by atoms with van der Waals surface area (Å²) < 4.78 is 51.1. The standard InChI is InChI=1S/C27H31F3O3S/c1-5-18-11-16(3)12-19(6-2)25(18)26-23(31)13-20(14-24(26)32)17(4)15-34(33)22-9-7-21(8-10-22)27(28,29)30/h7-12,17,20,31H,5-6,13-15H2,1-4H3. The molecule has 1 aliphatic carbocycles. The summed E-state index contributed by atoms with van der Waals surface area (Å²) in [6, 6.07) is 8.46. The van der Waals surface area contributed by atoms with Gasteiger partial charge in [-0.05, 0) is 72.6 Å². The molecule has 3 nitrogen and oxygen atoms in total. The Morgan fingerprint density at radius 1 is 1.06 bits per heavy atom. The highest BCUT2D eigenvalue weighted by atomic mass is 32.2. The van der Waals surface area contributed by atoms with Crippen LogP contribution in [-0.2, 0) is 34.6 Å². The zero-order chi connectivity index (χ0) is 25.2. The molecule has 7 heteroatoms. The lowest BCUT2D eigenvalue weighted by Gasteiger charge is -2.29. The summed E-state index contributed by atoms with van der Waals surface area (Å²) in [4.78, 5) is 13.5. The highest BCUT2D eigenvalue weighted by Crippen LogP contribution is 2.39. The van der Waals surface area contributed by atoms with Crippen LogP contribution in [0.5, 0.6) is 0 Å². The van der Waals surface area contributed by atoms with Crippen molar-refractivity contribution in [3.05, 3.63) is 70.0 Å². The van der Waals surface area contributed by atoms with Crippen LogP contribution in [0.25, 0.3) is 5.57 Å². The van der Waals surface area contributed by atoms with Gasteiger partial charge in [0, 0.05) is 23.5 Å². The van der Waals surface area contributed by atoms with E-state index >= 15 is 0 Å². The number of allylic oxidation sites excluding steroid dienone is 2. The molecular weight excluding hydrogens is 461 g/mol. The molecule has 0 saturated carbocycles. The van der Waals surface area contributed by atoms with E-state index in [-0.39, 0.29) is 35.6 Å². The molecule has 0 aromatic heterocycles. The molecule has 1 aliphatic rings. The van der Waals surface area contributed by atoms with Gasteiger partial charge in [-0.25, -0.2) is 0 Å². The maximum absolute atomic E-state index is 13.2. The van der Waals surface area contributed by atoms with Crippen LogP contribution in [0.15, 0.2) is 47.1 Å². The van der Waals surface area contributed by atoms with Crippen molar-refractivity contribution in [1.29, 1.82) is 0 Å². The molecule has 0 heterocycles. The van der Waals surface area contributed by atoms with Crippen molar-refractivity contribution in [1.82, 2.24) is 0 Å². The quantitative estimate of drug-likeness (QED) is 0.461. The zero-order valence-corrected chi connectivity index (χ0v) is 20.8. The van der Waals surface area contributed by atoms with Crippen LogP contribution in [0.1, 0.15) is 61.4 Å². The van der Waals surface area contributed by atoms with Gasteiger partial charge in [-0.2, -0.15) is 13.2 Å². The number of rotatable bonds is 7. The Morgan fingerprint density at radius 3 is 2.09 bits per heavy atom. The van der Waals surface area contributed by atoms with Crippen molar-refractivity contribution in [2.45, 2.75) is 64.5 Å². The smallest absolute Gasteiger partial charge is 0.416 e. The van der Waals surface area contributed by atoms with Gasteiger partial charge in [0.05, 0.1) is 21.9 Å². The Bertz CT molecular complexity index is 1090. The van der Waals surface area contributed by atoms with Gasteiger partial charge in [0.15, 0.2) is 5.78 Å². The Balaban J connectivity index is 1.80. The van der Waals surface area contributed by atoms with E-state index in [2.05, 4.69) is 12.1 Å². The molecule has 0 aliphatic heterocycles. The third kappa shape index (κ3) is 5.62. The van der Waals surface area contributed by atoms with Crippen molar-refractivity contribution in [3.8, 4) is 0 Å². The maximum Gasteiger partial charge on any atom is 0.416 e. The van der Waals surface area contributed by atoms with E-state index in [1.54, 1.807) is 0 Å². The van der Waals surface area contributed by atoms with Crippen LogP contribution in [0, 0.1) is 18.8 Å². The number of halogens is 3. The van der Waals surface area contributed by atoms with E-state index in [9.17, 15) is 27.3 Å². The van der Waals surface area contributed by atoms with E-state index in [1.165, 1.54) is 12.1 Å². The Hall–Kier alpha value is -2.41. The van der Waals surface area contributed by atoms with Crippen LogP contribution < -0.4 is 0 Å². The number of alkyl halides is 3. The van der Waals surface area contributed by atoms with Crippen LogP contribution in [-0.4, -0.2) is 20.9 Å². The molecule has 2 aromatic rings. The first-order valence-electron chi connectivity index (χ1n) is 11.6. The number of aliphatic hydroxyl groups is 1. The molecule has 184 valence electrons. The van der Waals surface area contributed by atoms with Gasteiger partial charge in [0.2, 0.25) is 0 Å². The first-order valence-corrected chi connectivity index (χ1v) is 12.9. The Kier molecular flexibility index (Phi) is 8.06. The molecule has 2 aromatic carbocycles. The number of hydrogen-bond donors (Lipinski definition) is 1. The first kappa shape index (κ1) is 26.2. The fourth-order valence-electron chi connectivity index (χ4n) is 4.70. The van der Waals surface area contributed by atoms with Gasteiger partial charge in [0.25, 0.3) is 0 Å². The van der Waals surface area contributed by atoms with Crippen molar-refractivity contribution in [2.75, 3.05) is 5.75 Å². The van der Waals surface area contributed by atoms with E-state index in [4.69, 9.17) is 0 Å². The number of benzene rings is 2. The maximum atomic E-state index is 13.2. The largest absolute Gasteiger partial charge is 0.512 e. The topological polar surface area (TPSA) is 54.4 Å². The van der Waals surface area contributed by atoms with Gasteiger partial charge >= 0.3 is 6.18 Å². The number of carbonyl (C=O) groups is 1. The fourth-order valence-corrected chi connectivity index (χ4v) is 6.08. The zero-order valence-electron chi connectivity index (χ0n) is 20.0.